The number of nitrogens with zero attached hydrogens (tertiary/aromatic N) is 5. The Balaban J connectivity index is 1.28. The summed E-state index contributed by atoms with van der Waals surface area (Å²) in [6.07, 6.45) is 9.96. The number of rotatable bonds is 5. The van der Waals surface area contributed by atoms with Crippen molar-refractivity contribution < 1.29 is 4.39 Å². The molecule has 0 atom stereocenters. The van der Waals surface area contributed by atoms with Gasteiger partial charge in [0.15, 0.2) is 5.65 Å². The van der Waals surface area contributed by atoms with Crippen LogP contribution >= 0.6 is 0 Å². The molecule has 0 unspecified atom stereocenters. The zero-order chi connectivity index (χ0) is 25.6. The Kier molecular flexibility index (Phi) is 5.47. The van der Waals surface area contributed by atoms with Crippen molar-refractivity contribution in [2.24, 2.45) is 0 Å². The van der Waals surface area contributed by atoms with Gasteiger partial charge in [-0.2, -0.15) is 5.10 Å². The summed E-state index contributed by atoms with van der Waals surface area (Å²) in [6, 6.07) is 13.3. The Morgan fingerprint density at radius 1 is 0.895 bits per heavy atom. The van der Waals surface area contributed by atoms with Crippen LogP contribution in [0.2, 0.25) is 0 Å². The first kappa shape index (κ1) is 22.7. The maximum Gasteiger partial charge on any atom is 0.181 e. The highest BCUT2D eigenvalue weighted by Gasteiger charge is 2.17. The van der Waals surface area contributed by atoms with E-state index in [0.717, 1.165) is 75.3 Å². The topological polar surface area (TPSA) is 86.4 Å². The molecule has 0 spiro atoms. The number of pyridine rings is 3. The van der Waals surface area contributed by atoms with Gasteiger partial charge in [-0.25, -0.2) is 14.4 Å². The molecule has 188 valence electrons. The maximum absolute atomic E-state index is 14.2. The van der Waals surface area contributed by atoms with E-state index in [1.165, 1.54) is 24.5 Å². The summed E-state index contributed by atoms with van der Waals surface area (Å²) >= 11 is 0. The molecule has 7 rings (SSSR count). The van der Waals surface area contributed by atoms with Crippen molar-refractivity contribution in [3.05, 3.63) is 84.2 Å². The predicted molar refractivity (Wildman–Crippen MR) is 147 cm³/mol. The van der Waals surface area contributed by atoms with Crippen LogP contribution in [-0.4, -0.2) is 48.1 Å². The van der Waals surface area contributed by atoms with Crippen LogP contribution in [0.3, 0.4) is 0 Å². The van der Waals surface area contributed by atoms with Gasteiger partial charge in [0.2, 0.25) is 0 Å². The molecule has 0 bridgehead atoms. The second kappa shape index (κ2) is 9.15. The number of aromatic nitrogens is 6. The van der Waals surface area contributed by atoms with Gasteiger partial charge in [-0.15, -0.1) is 0 Å². The molecular formula is C30H26FN7. The number of likely N-dealkylation sites (tertiary alicyclic amines) is 1. The van der Waals surface area contributed by atoms with Crippen molar-refractivity contribution in [2.75, 3.05) is 13.1 Å². The lowest BCUT2D eigenvalue weighted by molar-refractivity contribution is 0.331. The van der Waals surface area contributed by atoms with Gasteiger partial charge >= 0.3 is 0 Å². The first-order chi connectivity index (χ1) is 18.6. The molecule has 0 amide bonds. The zero-order valence-corrected chi connectivity index (χ0v) is 21.0. The molecule has 6 aromatic rings. The third-order valence-corrected chi connectivity index (χ3v) is 7.30. The fourth-order valence-electron chi connectivity index (χ4n) is 5.50. The first-order valence-electron chi connectivity index (χ1n) is 12.9. The number of aryl methyl sites for hydroxylation is 1. The van der Waals surface area contributed by atoms with Crippen molar-refractivity contribution >= 4 is 22.1 Å². The number of nitrogens with one attached hydrogen (secondary N) is 2. The quantitative estimate of drug-likeness (QED) is 0.289. The van der Waals surface area contributed by atoms with Gasteiger partial charge in [0, 0.05) is 53.2 Å². The zero-order valence-electron chi connectivity index (χ0n) is 21.0. The van der Waals surface area contributed by atoms with Crippen LogP contribution in [-0.2, 0) is 6.54 Å². The molecule has 1 aliphatic rings. The van der Waals surface area contributed by atoms with Gasteiger partial charge in [0.25, 0.3) is 0 Å². The van der Waals surface area contributed by atoms with Crippen LogP contribution in [0.25, 0.3) is 55.7 Å². The second-order valence-electron chi connectivity index (χ2n) is 10.1. The molecule has 6 heterocycles. The van der Waals surface area contributed by atoms with Crippen molar-refractivity contribution in [3.63, 3.8) is 0 Å². The van der Waals surface area contributed by atoms with Crippen LogP contribution < -0.4 is 0 Å². The van der Waals surface area contributed by atoms with Crippen LogP contribution in [0.5, 0.6) is 0 Å². The lowest BCUT2D eigenvalue weighted by atomic mass is 10.0. The largest absolute Gasteiger partial charge is 0.338 e. The Morgan fingerprint density at radius 2 is 1.76 bits per heavy atom. The molecular weight excluding hydrogens is 477 g/mol. The average Bonchev–Trinajstić information content (AvgIpc) is 3.67. The molecule has 38 heavy (non-hydrogen) atoms. The minimum Gasteiger partial charge on any atom is -0.338 e. The average molecular weight is 504 g/mol. The summed E-state index contributed by atoms with van der Waals surface area (Å²) in [5.74, 6) is -0.252. The molecule has 1 aromatic carbocycles. The summed E-state index contributed by atoms with van der Waals surface area (Å²) in [4.78, 5) is 19.6. The standard InChI is InChI=1S/C30H26FN7/c1-18-8-20(11-23(31)9-18)24-4-5-33-29-25(24)13-27(35-29)28-26-12-22(16-34-30(26)37-36-28)21-10-19(14-32-15-21)17-38-6-2-3-7-38/h4-5,8-16H,2-3,6-7,17H2,1H3,(H,33,35)(H,34,36,37). The lowest BCUT2D eigenvalue weighted by Gasteiger charge is -2.14. The van der Waals surface area contributed by atoms with E-state index in [-0.39, 0.29) is 5.82 Å². The van der Waals surface area contributed by atoms with Crippen molar-refractivity contribution in [2.45, 2.75) is 26.3 Å². The second-order valence-corrected chi connectivity index (χ2v) is 10.1. The highest BCUT2D eigenvalue weighted by atomic mass is 19.1. The van der Waals surface area contributed by atoms with E-state index in [2.05, 4.69) is 47.2 Å². The monoisotopic (exact) mass is 503 g/mol. The number of fused-ring (bicyclic) bond motifs is 2. The summed E-state index contributed by atoms with van der Waals surface area (Å²) in [6.45, 7) is 5.11. The van der Waals surface area contributed by atoms with E-state index in [1.807, 2.05) is 43.7 Å². The summed E-state index contributed by atoms with van der Waals surface area (Å²) in [7, 11) is 0. The number of hydrogen-bond donors (Lipinski definition) is 2. The maximum atomic E-state index is 14.2. The van der Waals surface area contributed by atoms with E-state index in [4.69, 9.17) is 0 Å². The smallest absolute Gasteiger partial charge is 0.181 e. The van der Waals surface area contributed by atoms with Gasteiger partial charge < -0.3 is 4.98 Å². The normalized spacial score (nSPS) is 14.2. The minimum atomic E-state index is -0.252. The number of benzene rings is 1. The van der Waals surface area contributed by atoms with Gasteiger partial charge in [-0.1, -0.05) is 6.07 Å². The SMILES string of the molecule is Cc1cc(F)cc(-c2ccnc3[nH]c(-c4[nH]nc5ncc(-c6cncc(CN7CCCC7)c6)cc45)cc23)c1. The van der Waals surface area contributed by atoms with E-state index >= 15 is 0 Å². The van der Waals surface area contributed by atoms with Gasteiger partial charge in [0.05, 0.1) is 11.4 Å². The molecule has 5 aromatic heterocycles. The predicted octanol–water partition coefficient (Wildman–Crippen LogP) is 6.27. The van der Waals surface area contributed by atoms with Crippen LogP contribution in [0.4, 0.5) is 4.39 Å². The van der Waals surface area contributed by atoms with Crippen LogP contribution in [0, 0.1) is 12.7 Å². The summed E-state index contributed by atoms with van der Waals surface area (Å²) in [5, 5.41) is 9.41. The van der Waals surface area contributed by atoms with E-state index in [0.29, 0.717) is 5.65 Å². The number of halogens is 1. The fraction of sp³-hybridized carbons (Fsp3) is 0.200. The van der Waals surface area contributed by atoms with Gasteiger partial charge in [0.1, 0.15) is 11.5 Å². The Bertz CT molecular complexity index is 1780. The highest BCUT2D eigenvalue weighted by molar-refractivity contribution is 5.99. The van der Waals surface area contributed by atoms with E-state index in [1.54, 1.807) is 12.3 Å². The number of H-pyrrole nitrogens is 2. The highest BCUT2D eigenvalue weighted by Crippen LogP contribution is 2.34. The third-order valence-electron chi connectivity index (χ3n) is 7.30. The van der Waals surface area contributed by atoms with Gasteiger partial charge in [-0.05, 0) is 91.5 Å². The van der Waals surface area contributed by atoms with Crippen molar-refractivity contribution in [3.8, 4) is 33.6 Å². The van der Waals surface area contributed by atoms with Gasteiger partial charge in [-0.3, -0.25) is 15.0 Å². The third kappa shape index (κ3) is 4.13. The van der Waals surface area contributed by atoms with Crippen LogP contribution in [0.15, 0.2) is 67.3 Å². The number of hydrogen-bond acceptors (Lipinski definition) is 5. The molecule has 1 saturated heterocycles. The summed E-state index contributed by atoms with van der Waals surface area (Å²) < 4.78 is 14.2. The molecule has 1 fully saturated rings. The molecule has 8 heteroatoms. The first-order valence-corrected chi connectivity index (χ1v) is 12.9. The lowest BCUT2D eigenvalue weighted by Crippen LogP contribution is -2.18. The Labute approximate surface area is 218 Å². The molecule has 1 aliphatic heterocycles. The minimum absolute atomic E-state index is 0.252. The van der Waals surface area contributed by atoms with Crippen molar-refractivity contribution in [1.29, 1.82) is 0 Å². The molecule has 0 radical (unpaired) electrons. The molecule has 0 saturated carbocycles. The Hall–Kier alpha value is -4.43. The Morgan fingerprint density at radius 3 is 2.63 bits per heavy atom. The molecule has 2 N–H and O–H groups in total. The van der Waals surface area contributed by atoms with E-state index in [9.17, 15) is 4.39 Å². The van der Waals surface area contributed by atoms with Crippen molar-refractivity contribution in [1.82, 2.24) is 35.0 Å². The van der Waals surface area contributed by atoms with Crippen LogP contribution in [0.1, 0.15) is 24.0 Å². The molecule has 7 nitrogen and oxygen atoms in total. The summed E-state index contributed by atoms with van der Waals surface area (Å²) in [5.41, 5.74) is 8.87. The molecule has 0 aliphatic carbocycles. The van der Waals surface area contributed by atoms with E-state index < -0.39 is 0 Å². The fourth-order valence-corrected chi connectivity index (χ4v) is 5.50. The number of aromatic amines is 2.